The fourth-order valence-electron chi connectivity index (χ4n) is 1.70. The Bertz CT molecular complexity index is 643. The van der Waals surface area contributed by atoms with E-state index in [4.69, 9.17) is 0 Å². The second-order valence-electron chi connectivity index (χ2n) is 4.07. The topological polar surface area (TPSA) is 93.2 Å². The molecule has 2 heterocycles. The number of hydrogen-bond acceptors (Lipinski definition) is 6. The lowest BCUT2D eigenvalue weighted by Gasteiger charge is -2.05. The number of hydrogen-bond donors (Lipinski definition) is 2. The number of nitrogens with one attached hydrogen (secondary N) is 2. The Balaban J connectivity index is 1.68. The van der Waals surface area contributed by atoms with Gasteiger partial charge < -0.3 is 10.1 Å². The van der Waals surface area contributed by atoms with Crippen molar-refractivity contribution in [1.82, 2.24) is 14.7 Å². The summed E-state index contributed by atoms with van der Waals surface area (Å²) in [5.41, 5.74) is 0.877. The number of carbonyl (C=O) groups excluding carboxylic acids is 2. The molecule has 1 aliphatic rings. The molecule has 7 nitrogen and oxygen atoms in total. The molecule has 1 atom stereocenters. The van der Waals surface area contributed by atoms with E-state index >= 15 is 0 Å². The van der Waals surface area contributed by atoms with Crippen LogP contribution < -0.4 is 10.6 Å². The lowest BCUT2D eigenvalue weighted by molar-refractivity contribution is -0.117. The Hall–Kier alpha value is -2.48. The molecule has 102 valence electrons. The molecule has 8 heteroatoms. The van der Waals surface area contributed by atoms with Crippen molar-refractivity contribution in [2.45, 2.75) is 6.04 Å². The Morgan fingerprint density at radius 2 is 2.20 bits per heavy atom. The van der Waals surface area contributed by atoms with Crippen molar-refractivity contribution < 1.29 is 14.3 Å². The van der Waals surface area contributed by atoms with Gasteiger partial charge in [-0.25, -0.2) is 4.79 Å². The van der Waals surface area contributed by atoms with Crippen LogP contribution in [0.15, 0.2) is 30.3 Å². The van der Waals surface area contributed by atoms with E-state index in [0.29, 0.717) is 11.0 Å². The summed E-state index contributed by atoms with van der Waals surface area (Å²) in [5.74, 6) is 0.184. The van der Waals surface area contributed by atoms with E-state index in [1.54, 1.807) is 0 Å². The van der Waals surface area contributed by atoms with Crippen molar-refractivity contribution in [2.75, 3.05) is 11.9 Å². The first-order valence-electron chi connectivity index (χ1n) is 5.85. The van der Waals surface area contributed by atoms with Gasteiger partial charge in [-0.1, -0.05) is 30.3 Å². The van der Waals surface area contributed by atoms with Crippen LogP contribution in [0.25, 0.3) is 11.4 Å². The Morgan fingerprint density at radius 1 is 1.40 bits per heavy atom. The average molecular weight is 290 g/mol. The van der Waals surface area contributed by atoms with Crippen molar-refractivity contribution in [3.05, 3.63) is 30.3 Å². The van der Waals surface area contributed by atoms with E-state index in [1.165, 1.54) is 0 Å². The van der Waals surface area contributed by atoms with Crippen LogP contribution in [0.3, 0.4) is 0 Å². The molecule has 1 fully saturated rings. The standard InChI is InChI=1S/C12H10N4O3S/c17-10(8-6-19-12(18)13-8)15-11-14-9(16-20-11)7-4-2-1-3-5-7/h1-5,8H,6H2,(H,13,18)(H,14,15,16,17)/t8-/m0/s1. The van der Waals surface area contributed by atoms with E-state index in [-0.39, 0.29) is 12.5 Å². The fourth-order valence-corrected chi connectivity index (χ4v) is 2.29. The third-order valence-electron chi connectivity index (χ3n) is 2.68. The molecule has 1 saturated heterocycles. The lowest BCUT2D eigenvalue weighted by Crippen LogP contribution is -2.38. The number of carbonyl (C=O) groups is 2. The van der Waals surface area contributed by atoms with E-state index in [1.807, 2.05) is 30.3 Å². The Morgan fingerprint density at radius 3 is 2.90 bits per heavy atom. The van der Waals surface area contributed by atoms with Gasteiger partial charge in [0.2, 0.25) is 5.13 Å². The smallest absolute Gasteiger partial charge is 0.407 e. The summed E-state index contributed by atoms with van der Waals surface area (Å²) in [5, 5.41) is 5.39. The number of ether oxygens (including phenoxy) is 1. The third kappa shape index (κ3) is 2.59. The number of cyclic esters (lactones) is 1. The lowest BCUT2D eigenvalue weighted by atomic mass is 10.2. The van der Waals surface area contributed by atoms with Crippen molar-refractivity contribution in [2.24, 2.45) is 0 Å². The summed E-state index contributed by atoms with van der Waals surface area (Å²) in [4.78, 5) is 26.9. The zero-order chi connectivity index (χ0) is 13.9. The molecule has 1 aromatic carbocycles. The van der Waals surface area contributed by atoms with Crippen LogP contribution in [0.4, 0.5) is 9.93 Å². The van der Waals surface area contributed by atoms with Gasteiger partial charge in [0.25, 0.3) is 5.91 Å². The van der Waals surface area contributed by atoms with Gasteiger partial charge in [-0.05, 0) is 0 Å². The monoisotopic (exact) mass is 290 g/mol. The summed E-state index contributed by atoms with van der Waals surface area (Å²) in [6.07, 6.45) is -0.590. The second-order valence-corrected chi connectivity index (χ2v) is 4.83. The largest absolute Gasteiger partial charge is 0.447 e. The van der Waals surface area contributed by atoms with Crippen molar-refractivity contribution in [3.8, 4) is 11.4 Å². The minimum absolute atomic E-state index is 0.0228. The third-order valence-corrected chi connectivity index (χ3v) is 3.31. The fraction of sp³-hybridized carbons (Fsp3) is 0.167. The molecule has 0 aliphatic carbocycles. The van der Waals surface area contributed by atoms with Crippen LogP contribution in [0, 0.1) is 0 Å². The van der Waals surface area contributed by atoms with E-state index in [2.05, 4.69) is 24.7 Å². The first-order chi connectivity index (χ1) is 9.72. The second kappa shape index (κ2) is 5.25. The predicted octanol–water partition coefficient (Wildman–Crippen LogP) is 1.25. The van der Waals surface area contributed by atoms with Gasteiger partial charge in [0.05, 0.1) is 0 Å². The number of amides is 2. The average Bonchev–Trinajstić information content (AvgIpc) is 3.09. The maximum absolute atomic E-state index is 11.8. The quantitative estimate of drug-likeness (QED) is 0.887. The molecule has 2 N–H and O–H groups in total. The first-order valence-corrected chi connectivity index (χ1v) is 6.63. The van der Waals surface area contributed by atoms with Crippen LogP contribution in [-0.4, -0.2) is 34.0 Å². The van der Waals surface area contributed by atoms with Gasteiger partial charge in [0, 0.05) is 17.1 Å². The van der Waals surface area contributed by atoms with Gasteiger partial charge in [0.1, 0.15) is 12.6 Å². The molecule has 3 rings (SSSR count). The van der Waals surface area contributed by atoms with Gasteiger partial charge in [-0.2, -0.15) is 9.36 Å². The molecular weight excluding hydrogens is 280 g/mol. The molecule has 0 unspecified atom stereocenters. The van der Waals surface area contributed by atoms with Crippen molar-refractivity contribution in [3.63, 3.8) is 0 Å². The normalized spacial score (nSPS) is 17.4. The maximum Gasteiger partial charge on any atom is 0.407 e. The Kier molecular flexibility index (Phi) is 3.30. The molecule has 1 aliphatic heterocycles. The zero-order valence-electron chi connectivity index (χ0n) is 10.2. The molecule has 1 aromatic heterocycles. The SMILES string of the molecule is O=C1N[C@H](C(=O)Nc2nc(-c3ccccc3)ns2)CO1. The minimum Gasteiger partial charge on any atom is -0.447 e. The maximum atomic E-state index is 11.8. The molecule has 20 heavy (non-hydrogen) atoms. The number of benzene rings is 1. The molecule has 0 bridgehead atoms. The van der Waals surface area contributed by atoms with E-state index in [9.17, 15) is 9.59 Å². The number of rotatable bonds is 3. The predicted molar refractivity (Wildman–Crippen MR) is 72.2 cm³/mol. The van der Waals surface area contributed by atoms with Crippen molar-refractivity contribution >= 4 is 28.7 Å². The molecule has 2 aromatic rings. The van der Waals surface area contributed by atoms with Gasteiger partial charge in [-0.15, -0.1) is 0 Å². The van der Waals surface area contributed by atoms with Crippen LogP contribution in [0.2, 0.25) is 0 Å². The minimum atomic E-state index is -0.688. The summed E-state index contributed by atoms with van der Waals surface area (Å²) in [6, 6.07) is 8.77. The molecule has 2 amide bonds. The first kappa shape index (κ1) is 12.5. The van der Waals surface area contributed by atoms with E-state index < -0.39 is 12.1 Å². The highest BCUT2D eigenvalue weighted by molar-refractivity contribution is 7.10. The highest BCUT2D eigenvalue weighted by Crippen LogP contribution is 2.20. The molecule has 0 spiro atoms. The number of alkyl carbamates (subject to hydrolysis) is 1. The summed E-state index contributed by atoms with van der Waals surface area (Å²) < 4.78 is 8.83. The number of nitrogens with zero attached hydrogens (tertiary/aromatic N) is 2. The van der Waals surface area contributed by atoms with Crippen LogP contribution >= 0.6 is 11.5 Å². The van der Waals surface area contributed by atoms with Gasteiger partial charge in [-0.3, -0.25) is 10.1 Å². The van der Waals surface area contributed by atoms with Crippen LogP contribution in [0.1, 0.15) is 0 Å². The number of aromatic nitrogens is 2. The number of anilines is 1. The molecule has 0 saturated carbocycles. The summed E-state index contributed by atoms with van der Waals surface area (Å²) >= 11 is 1.09. The molecular formula is C12H10N4O3S. The molecule has 0 radical (unpaired) electrons. The van der Waals surface area contributed by atoms with Crippen molar-refractivity contribution in [1.29, 1.82) is 0 Å². The van der Waals surface area contributed by atoms with E-state index in [0.717, 1.165) is 17.1 Å². The van der Waals surface area contributed by atoms with Gasteiger partial charge >= 0.3 is 6.09 Å². The highest BCUT2D eigenvalue weighted by Gasteiger charge is 2.29. The van der Waals surface area contributed by atoms with Crippen LogP contribution in [0.5, 0.6) is 0 Å². The summed E-state index contributed by atoms with van der Waals surface area (Å²) in [7, 11) is 0. The Labute approximate surface area is 118 Å². The highest BCUT2D eigenvalue weighted by atomic mass is 32.1. The summed E-state index contributed by atoms with van der Waals surface area (Å²) in [6.45, 7) is 0.0228. The zero-order valence-corrected chi connectivity index (χ0v) is 11.0. The van der Waals surface area contributed by atoms with Gasteiger partial charge in [0.15, 0.2) is 5.82 Å². The van der Waals surface area contributed by atoms with Crippen LogP contribution in [-0.2, 0) is 9.53 Å².